The van der Waals surface area contributed by atoms with Crippen molar-refractivity contribution < 1.29 is 23.9 Å². The van der Waals surface area contributed by atoms with Gasteiger partial charge in [0, 0.05) is 31.3 Å². The minimum Gasteiger partial charge on any atom is -0.410 e. The van der Waals surface area contributed by atoms with E-state index in [0.29, 0.717) is 22.4 Å². The number of anilines is 1. The number of nitrogens with one attached hydrogen (secondary N) is 1. The van der Waals surface area contributed by atoms with E-state index in [9.17, 15) is 24.4 Å². The number of aryl methyl sites for hydroxylation is 1. The summed E-state index contributed by atoms with van der Waals surface area (Å²) in [6.07, 6.45) is -0.221. The number of amides is 4. The van der Waals surface area contributed by atoms with Gasteiger partial charge < -0.3 is 9.64 Å². The van der Waals surface area contributed by atoms with E-state index in [0.717, 1.165) is 5.56 Å². The first-order valence-electron chi connectivity index (χ1n) is 10.0. The third kappa shape index (κ3) is 3.78. The van der Waals surface area contributed by atoms with Gasteiger partial charge in [0.25, 0.3) is 5.91 Å². The van der Waals surface area contributed by atoms with Crippen LogP contribution in [0.1, 0.15) is 39.9 Å². The van der Waals surface area contributed by atoms with Gasteiger partial charge in [0.2, 0.25) is 11.8 Å². The summed E-state index contributed by atoms with van der Waals surface area (Å²) in [6, 6.07) is 11.2. The molecule has 0 saturated carbocycles. The monoisotopic (exact) mass is 432 g/mol. The molecule has 1 fully saturated rings. The number of rotatable bonds is 3. The van der Waals surface area contributed by atoms with E-state index < -0.39 is 18.0 Å². The first-order chi connectivity index (χ1) is 15.3. The average molecular weight is 432 g/mol. The van der Waals surface area contributed by atoms with Gasteiger partial charge in [-0.15, -0.1) is 0 Å². The van der Waals surface area contributed by atoms with Gasteiger partial charge >= 0.3 is 6.09 Å². The van der Waals surface area contributed by atoms with Gasteiger partial charge in [-0.25, -0.2) is 4.79 Å². The Bertz CT molecular complexity index is 1200. The van der Waals surface area contributed by atoms with Gasteiger partial charge in [-0.05, 0) is 48.7 Å². The number of carbonyl (C=O) groups is 4. The van der Waals surface area contributed by atoms with Gasteiger partial charge in [0.15, 0.2) is 0 Å². The number of hydrogen-bond donors (Lipinski definition) is 1. The SMILES string of the molecule is Cc1ccc(N(C)C(=O)Oc2ccc3c(c2)C(=O)N(C2CCC(=O)NC2=O)C3)cc1C#N. The highest BCUT2D eigenvalue weighted by molar-refractivity contribution is 6.05. The van der Waals surface area contributed by atoms with Crippen molar-refractivity contribution >= 4 is 29.5 Å². The highest BCUT2D eigenvalue weighted by Crippen LogP contribution is 2.30. The second kappa shape index (κ2) is 8.15. The molecule has 1 unspecified atom stereocenters. The number of imide groups is 1. The summed E-state index contributed by atoms with van der Waals surface area (Å²) in [7, 11) is 1.53. The molecule has 1 N–H and O–H groups in total. The lowest BCUT2D eigenvalue weighted by molar-refractivity contribution is -0.136. The maximum atomic E-state index is 12.9. The fraction of sp³-hybridized carbons (Fsp3) is 0.261. The van der Waals surface area contributed by atoms with Crippen molar-refractivity contribution in [3.8, 4) is 11.8 Å². The molecule has 32 heavy (non-hydrogen) atoms. The Morgan fingerprint density at radius 1 is 1.22 bits per heavy atom. The molecule has 9 heteroatoms. The van der Waals surface area contributed by atoms with E-state index in [1.165, 1.54) is 22.9 Å². The summed E-state index contributed by atoms with van der Waals surface area (Å²) < 4.78 is 5.43. The van der Waals surface area contributed by atoms with Crippen molar-refractivity contribution in [1.29, 1.82) is 5.26 Å². The van der Waals surface area contributed by atoms with Gasteiger partial charge in [0.1, 0.15) is 11.8 Å². The Balaban J connectivity index is 1.49. The summed E-state index contributed by atoms with van der Waals surface area (Å²) in [6.45, 7) is 2.05. The Kier molecular flexibility index (Phi) is 5.36. The van der Waals surface area contributed by atoms with E-state index >= 15 is 0 Å². The molecular weight excluding hydrogens is 412 g/mol. The zero-order valence-corrected chi connectivity index (χ0v) is 17.5. The lowest BCUT2D eigenvalue weighted by Crippen LogP contribution is -2.52. The number of carbonyl (C=O) groups excluding carboxylic acids is 4. The number of fused-ring (bicyclic) bond motifs is 1. The number of nitriles is 1. The van der Waals surface area contributed by atoms with Gasteiger partial charge in [0.05, 0.1) is 11.6 Å². The summed E-state index contributed by atoms with van der Waals surface area (Å²) in [5.41, 5.74) is 2.82. The highest BCUT2D eigenvalue weighted by atomic mass is 16.6. The van der Waals surface area contributed by atoms with Crippen LogP contribution in [-0.2, 0) is 16.1 Å². The second-order valence-corrected chi connectivity index (χ2v) is 7.76. The Morgan fingerprint density at radius 2 is 2.00 bits per heavy atom. The van der Waals surface area contributed by atoms with Crippen LogP contribution in [0.25, 0.3) is 0 Å². The lowest BCUT2D eigenvalue weighted by Gasteiger charge is -2.29. The maximum absolute atomic E-state index is 12.9. The van der Waals surface area contributed by atoms with Crippen LogP contribution in [0.15, 0.2) is 36.4 Å². The first-order valence-corrected chi connectivity index (χ1v) is 10.0. The molecule has 4 rings (SSSR count). The predicted molar refractivity (Wildman–Crippen MR) is 113 cm³/mol. The van der Waals surface area contributed by atoms with Crippen LogP contribution in [0.5, 0.6) is 5.75 Å². The number of nitrogens with zero attached hydrogens (tertiary/aromatic N) is 3. The molecule has 2 aromatic rings. The molecule has 0 radical (unpaired) electrons. The molecule has 2 heterocycles. The fourth-order valence-electron chi connectivity index (χ4n) is 3.81. The van der Waals surface area contributed by atoms with Crippen molar-refractivity contribution in [2.45, 2.75) is 32.4 Å². The molecule has 2 aliphatic rings. The highest BCUT2D eigenvalue weighted by Gasteiger charge is 2.39. The molecule has 0 aromatic heterocycles. The molecule has 2 aromatic carbocycles. The van der Waals surface area contributed by atoms with Crippen LogP contribution >= 0.6 is 0 Å². The van der Waals surface area contributed by atoms with Crippen LogP contribution in [0.2, 0.25) is 0 Å². The Morgan fingerprint density at radius 3 is 2.72 bits per heavy atom. The summed E-state index contributed by atoms with van der Waals surface area (Å²) >= 11 is 0. The molecule has 0 bridgehead atoms. The summed E-state index contributed by atoms with van der Waals surface area (Å²) in [5, 5.41) is 11.5. The molecule has 0 spiro atoms. The molecule has 162 valence electrons. The van der Waals surface area contributed by atoms with Crippen LogP contribution in [-0.4, -0.2) is 41.8 Å². The number of piperidine rings is 1. The zero-order valence-electron chi connectivity index (χ0n) is 17.5. The van der Waals surface area contributed by atoms with Crippen LogP contribution < -0.4 is 15.0 Å². The molecule has 0 aliphatic carbocycles. The fourth-order valence-corrected chi connectivity index (χ4v) is 3.81. The van der Waals surface area contributed by atoms with Crippen molar-refractivity contribution in [3.63, 3.8) is 0 Å². The van der Waals surface area contributed by atoms with Crippen molar-refractivity contribution in [3.05, 3.63) is 58.7 Å². The molecular formula is C23H20N4O5. The minimum atomic E-state index is -0.708. The molecule has 9 nitrogen and oxygen atoms in total. The third-order valence-electron chi connectivity index (χ3n) is 5.71. The van der Waals surface area contributed by atoms with Crippen molar-refractivity contribution in [1.82, 2.24) is 10.2 Å². The normalized spacial score (nSPS) is 17.5. The van der Waals surface area contributed by atoms with E-state index in [4.69, 9.17) is 4.74 Å². The lowest BCUT2D eigenvalue weighted by atomic mass is 10.0. The summed E-state index contributed by atoms with van der Waals surface area (Å²) in [5.74, 6) is -0.987. The van der Waals surface area contributed by atoms with Gasteiger partial charge in [-0.2, -0.15) is 5.26 Å². The van der Waals surface area contributed by atoms with E-state index in [2.05, 4.69) is 11.4 Å². The van der Waals surface area contributed by atoms with Crippen molar-refractivity contribution in [2.24, 2.45) is 0 Å². The number of benzene rings is 2. The first kappa shape index (κ1) is 21.1. The van der Waals surface area contributed by atoms with E-state index in [1.54, 1.807) is 37.3 Å². The average Bonchev–Trinajstić information content (AvgIpc) is 3.09. The number of ether oxygens (including phenoxy) is 1. The topological polar surface area (TPSA) is 120 Å². The molecule has 1 saturated heterocycles. The largest absolute Gasteiger partial charge is 0.419 e. The maximum Gasteiger partial charge on any atom is 0.419 e. The Labute approximate surface area is 184 Å². The van der Waals surface area contributed by atoms with Gasteiger partial charge in [-0.3, -0.25) is 24.6 Å². The van der Waals surface area contributed by atoms with E-state index in [-0.39, 0.29) is 37.0 Å². The standard InChI is InChI=1S/C23H20N4O5/c1-13-3-5-16(9-15(13)11-24)26(2)23(31)32-17-6-4-14-12-27(22(30)18(14)10-17)19-7-8-20(28)25-21(19)29/h3-6,9-10,19H,7-8,12H2,1-2H3,(H,25,28,29). The smallest absolute Gasteiger partial charge is 0.410 e. The van der Waals surface area contributed by atoms with Crippen molar-refractivity contribution in [2.75, 3.05) is 11.9 Å². The third-order valence-corrected chi connectivity index (χ3v) is 5.71. The zero-order chi connectivity index (χ0) is 23.0. The van der Waals surface area contributed by atoms with Gasteiger partial charge in [-0.1, -0.05) is 12.1 Å². The van der Waals surface area contributed by atoms with Crippen LogP contribution in [0.3, 0.4) is 0 Å². The molecule has 2 aliphatic heterocycles. The van der Waals surface area contributed by atoms with Crippen LogP contribution in [0.4, 0.5) is 10.5 Å². The quantitative estimate of drug-likeness (QED) is 0.743. The molecule has 1 atom stereocenters. The summed E-state index contributed by atoms with van der Waals surface area (Å²) in [4.78, 5) is 51.7. The van der Waals surface area contributed by atoms with E-state index in [1.807, 2.05) is 0 Å². The molecule has 4 amide bonds. The minimum absolute atomic E-state index is 0.179. The predicted octanol–water partition coefficient (Wildman–Crippen LogP) is 2.26. The second-order valence-electron chi connectivity index (χ2n) is 7.76. The Hall–Kier alpha value is -4.19. The van der Waals surface area contributed by atoms with Crippen LogP contribution in [0, 0.1) is 18.3 Å². The number of hydrogen-bond acceptors (Lipinski definition) is 6.